The topological polar surface area (TPSA) is 71.5 Å². The van der Waals surface area contributed by atoms with Gasteiger partial charge in [-0.1, -0.05) is 30.3 Å². The van der Waals surface area contributed by atoms with Crippen LogP contribution in [0.15, 0.2) is 52.9 Å². The third kappa shape index (κ3) is 4.77. The molecule has 4 rings (SSSR count). The third-order valence-corrected chi connectivity index (χ3v) is 7.61. The largest absolute Gasteiger partial charge is 0.486 e. The van der Waals surface area contributed by atoms with Crippen LogP contribution < -0.4 is 9.46 Å². The van der Waals surface area contributed by atoms with Gasteiger partial charge < -0.3 is 4.74 Å². The van der Waals surface area contributed by atoms with Crippen LogP contribution in [0.5, 0.6) is 5.75 Å². The number of anilines is 1. The first-order valence-electron chi connectivity index (χ1n) is 10.0. The molecule has 2 heterocycles. The number of benzene rings is 2. The number of halogens is 2. The van der Waals surface area contributed by atoms with E-state index in [1.54, 1.807) is 5.38 Å². The number of sulfonamides is 1. The molecule has 10 heteroatoms. The van der Waals surface area contributed by atoms with E-state index >= 15 is 4.39 Å². The highest BCUT2D eigenvalue weighted by atomic mass is 32.2. The Morgan fingerprint density at radius 3 is 2.72 bits per heavy atom. The Morgan fingerprint density at radius 1 is 1.28 bits per heavy atom. The molecule has 1 fully saturated rings. The molecule has 1 N–H and O–H groups in total. The lowest BCUT2D eigenvalue weighted by molar-refractivity contribution is 0.0930. The average Bonchev–Trinajstić information content (AvgIpc) is 3.36. The molecule has 2 aromatic carbocycles. The van der Waals surface area contributed by atoms with Crippen LogP contribution in [0.2, 0.25) is 0 Å². The van der Waals surface area contributed by atoms with Gasteiger partial charge in [0, 0.05) is 49.3 Å². The van der Waals surface area contributed by atoms with Crippen LogP contribution >= 0.6 is 11.3 Å². The summed E-state index contributed by atoms with van der Waals surface area (Å²) in [6, 6.07) is 11.0. The van der Waals surface area contributed by atoms with Crippen molar-refractivity contribution in [2.45, 2.75) is 37.3 Å². The molecule has 0 bridgehead atoms. The second-order valence-electron chi connectivity index (χ2n) is 8.07. The summed E-state index contributed by atoms with van der Waals surface area (Å²) in [6.45, 7) is 5.38. The van der Waals surface area contributed by atoms with E-state index in [0.717, 1.165) is 30.5 Å². The molecule has 1 aromatic heterocycles. The predicted octanol–water partition coefficient (Wildman–Crippen LogP) is 4.57. The van der Waals surface area contributed by atoms with Gasteiger partial charge >= 0.3 is 0 Å². The Balaban J connectivity index is 1.53. The van der Waals surface area contributed by atoms with Crippen molar-refractivity contribution in [3.05, 3.63) is 70.7 Å². The molecule has 1 saturated heterocycles. The molecule has 6 nitrogen and oxygen atoms in total. The Bertz CT molecular complexity index is 1200. The molecule has 32 heavy (non-hydrogen) atoms. The monoisotopic (exact) mass is 479 g/mol. The number of aromatic nitrogens is 1. The summed E-state index contributed by atoms with van der Waals surface area (Å²) in [5, 5.41) is 1.58. The number of likely N-dealkylation sites (tertiary alicyclic amines) is 1. The molecule has 1 aliphatic heterocycles. The van der Waals surface area contributed by atoms with E-state index < -0.39 is 32.2 Å². The Kier molecular flexibility index (Phi) is 6.19. The summed E-state index contributed by atoms with van der Waals surface area (Å²) in [4.78, 5) is 4.97. The fourth-order valence-corrected chi connectivity index (χ4v) is 5.80. The molecule has 1 aliphatic rings. The maximum Gasteiger partial charge on any atom is 0.269 e. The van der Waals surface area contributed by atoms with E-state index in [1.807, 2.05) is 37.3 Å². The maximum atomic E-state index is 15.0. The summed E-state index contributed by atoms with van der Waals surface area (Å²) in [7, 11) is -4.49. The molecule has 1 atom stereocenters. The van der Waals surface area contributed by atoms with Crippen LogP contribution in [0, 0.1) is 18.6 Å². The summed E-state index contributed by atoms with van der Waals surface area (Å²) in [5.41, 5.74) is 0.457. The van der Waals surface area contributed by atoms with E-state index in [-0.39, 0.29) is 16.4 Å². The zero-order valence-electron chi connectivity index (χ0n) is 17.6. The number of hydrogen-bond acceptors (Lipinski definition) is 6. The van der Waals surface area contributed by atoms with Crippen molar-refractivity contribution in [3.8, 4) is 5.75 Å². The lowest BCUT2D eigenvalue weighted by Crippen LogP contribution is -2.36. The van der Waals surface area contributed by atoms with Crippen molar-refractivity contribution < 1.29 is 21.9 Å². The quantitative estimate of drug-likeness (QED) is 0.537. The zero-order valence-corrected chi connectivity index (χ0v) is 19.3. The minimum absolute atomic E-state index is 0.00254. The molecule has 0 radical (unpaired) electrons. The van der Waals surface area contributed by atoms with Gasteiger partial charge in [-0.25, -0.2) is 22.2 Å². The first-order valence-corrected chi connectivity index (χ1v) is 12.4. The van der Waals surface area contributed by atoms with Gasteiger partial charge in [-0.15, -0.1) is 11.3 Å². The lowest BCUT2D eigenvalue weighted by Gasteiger charge is -2.28. The van der Waals surface area contributed by atoms with Crippen LogP contribution in [-0.2, 0) is 16.6 Å². The molecule has 0 aliphatic carbocycles. The van der Waals surface area contributed by atoms with E-state index in [0.29, 0.717) is 13.0 Å². The highest BCUT2D eigenvalue weighted by Gasteiger charge is 2.37. The molecule has 0 unspecified atom stereocenters. The molecule has 170 valence electrons. The first-order chi connectivity index (χ1) is 15.2. The summed E-state index contributed by atoms with van der Waals surface area (Å²) in [6.07, 6.45) is 2.06. The maximum absolute atomic E-state index is 15.0. The Morgan fingerprint density at radius 2 is 2.03 bits per heavy atom. The van der Waals surface area contributed by atoms with E-state index in [1.165, 1.54) is 18.7 Å². The summed E-state index contributed by atoms with van der Waals surface area (Å²) >= 11 is 1.01. The first kappa shape index (κ1) is 22.6. The van der Waals surface area contributed by atoms with Gasteiger partial charge in [0.05, 0.1) is 0 Å². The van der Waals surface area contributed by atoms with Crippen molar-refractivity contribution in [2.24, 2.45) is 0 Å². The van der Waals surface area contributed by atoms with E-state index in [2.05, 4.69) is 14.6 Å². The van der Waals surface area contributed by atoms with Gasteiger partial charge in [-0.3, -0.25) is 9.62 Å². The third-order valence-electron chi connectivity index (χ3n) is 5.42. The highest BCUT2D eigenvalue weighted by molar-refractivity contribution is 7.93. The number of hydrogen-bond donors (Lipinski definition) is 1. The SMILES string of the molecule is Cc1c(O[C@@]2(C)CCN(Cc3ccccc3)C2)cc(F)c(S(=O)(=O)Nc2nccs2)c1F. The summed E-state index contributed by atoms with van der Waals surface area (Å²) in [5.74, 6) is -2.39. The van der Waals surface area contributed by atoms with Gasteiger partial charge in [-0.05, 0) is 19.4 Å². The predicted molar refractivity (Wildman–Crippen MR) is 119 cm³/mol. The number of nitrogens with zero attached hydrogens (tertiary/aromatic N) is 2. The normalized spacial score (nSPS) is 19.2. The minimum Gasteiger partial charge on any atom is -0.486 e. The molecular weight excluding hydrogens is 456 g/mol. The average molecular weight is 480 g/mol. The van der Waals surface area contributed by atoms with Crippen molar-refractivity contribution in [3.63, 3.8) is 0 Å². The second-order valence-corrected chi connectivity index (χ2v) is 10.6. The van der Waals surface area contributed by atoms with Crippen molar-refractivity contribution in [2.75, 3.05) is 17.8 Å². The van der Waals surface area contributed by atoms with Gasteiger partial charge in [0.1, 0.15) is 17.2 Å². The van der Waals surface area contributed by atoms with E-state index in [4.69, 9.17) is 4.74 Å². The van der Waals surface area contributed by atoms with Gasteiger partial charge in [0.15, 0.2) is 15.8 Å². The van der Waals surface area contributed by atoms with E-state index in [9.17, 15) is 12.8 Å². The van der Waals surface area contributed by atoms with Crippen LogP contribution in [0.4, 0.5) is 13.9 Å². The summed E-state index contributed by atoms with van der Waals surface area (Å²) < 4.78 is 63.1. The standard InChI is InChI=1S/C22H23F2N3O3S2/c1-15-18(30-22(2)8-10-27(14-22)13-16-6-4-3-5-7-16)12-17(23)20(19(15)24)32(28,29)26-21-25-9-11-31-21/h3-7,9,11-12H,8,10,13-14H2,1-2H3,(H,25,26)/t22-/m0/s1. The van der Waals surface area contributed by atoms with Gasteiger partial charge in [0.25, 0.3) is 10.0 Å². The molecule has 0 saturated carbocycles. The molecular formula is C22H23F2N3O3S2. The van der Waals surface area contributed by atoms with Crippen LogP contribution in [0.1, 0.15) is 24.5 Å². The molecule has 0 amide bonds. The number of ether oxygens (including phenoxy) is 1. The number of rotatable bonds is 7. The number of thiazole rings is 1. The van der Waals surface area contributed by atoms with Crippen molar-refractivity contribution in [1.82, 2.24) is 9.88 Å². The van der Waals surface area contributed by atoms with Crippen molar-refractivity contribution >= 4 is 26.5 Å². The Labute approximate surface area is 189 Å². The van der Waals surface area contributed by atoms with Crippen LogP contribution in [-0.4, -0.2) is 37.0 Å². The van der Waals surface area contributed by atoms with Crippen LogP contribution in [0.3, 0.4) is 0 Å². The zero-order chi connectivity index (χ0) is 22.9. The van der Waals surface area contributed by atoms with Gasteiger partial charge in [0.2, 0.25) is 0 Å². The second kappa shape index (κ2) is 8.76. The Hall–Kier alpha value is -2.56. The molecule has 0 spiro atoms. The van der Waals surface area contributed by atoms with Gasteiger partial charge in [-0.2, -0.15) is 0 Å². The number of nitrogens with one attached hydrogen (secondary N) is 1. The lowest BCUT2D eigenvalue weighted by atomic mass is 10.1. The highest BCUT2D eigenvalue weighted by Crippen LogP contribution is 2.35. The molecule has 3 aromatic rings. The van der Waals surface area contributed by atoms with Crippen LogP contribution in [0.25, 0.3) is 0 Å². The smallest absolute Gasteiger partial charge is 0.269 e. The fourth-order valence-electron chi connectivity index (χ4n) is 3.82. The van der Waals surface area contributed by atoms with Crippen molar-refractivity contribution in [1.29, 1.82) is 0 Å². The fraction of sp³-hybridized carbons (Fsp3) is 0.318. The minimum atomic E-state index is -4.49.